The molecule has 2 N–H and O–H groups in total. The normalized spacial score (nSPS) is 12.5. The molecule has 2 rings (SSSR count). The average Bonchev–Trinajstić information content (AvgIpc) is 2.53. The number of halogens is 3. The van der Waals surface area contributed by atoms with Crippen molar-refractivity contribution in [2.24, 2.45) is 0 Å². The van der Waals surface area contributed by atoms with Crippen LogP contribution in [0.4, 0.5) is 18.9 Å². The number of sulfonamides is 1. The molecule has 0 radical (unpaired) electrons. The van der Waals surface area contributed by atoms with Crippen molar-refractivity contribution in [1.82, 2.24) is 5.32 Å². The first-order valence-corrected chi connectivity index (χ1v) is 9.39. The molecule has 0 saturated carbocycles. The Bertz CT molecular complexity index is 932. The Morgan fingerprint density at radius 2 is 1.48 bits per heavy atom. The molecule has 0 aliphatic heterocycles. The summed E-state index contributed by atoms with van der Waals surface area (Å²) in [5.74, 6) is -0.348. The lowest BCUT2D eigenvalue weighted by molar-refractivity contribution is -0.139. The number of carbonyl (C=O) groups is 1. The molecule has 146 valence electrons. The molecule has 0 heterocycles. The van der Waals surface area contributed by atoms with E-state index in [9.17, 15) is 26.4 Å². The number of benzene rings is 2. The van der Waals surface area contributed by atoms with Gasteiger partial charge >= 0.3 is 6.18 Å². The molecule has 0 saturated heterocycles. The van der Waals surface area contributed by atoms with Crippen LogP contribution in [0.5, 0.6) is 0 Å². The van der Waals surface area contributed by atoms with Gasteiger partial charge in [0.2, 0.25) is 0 Å². The highest BCUT2D eigenvalue weighted by molar-refractivity contribution is 7.92. The maximum absolute atomic E-state index is 13.1. The van der Waals surface area contributed by atoms with Crippen LogP contribution >= 0.6 is 0 Å². The second-order valence-corrected chi connectivity index (χ2v) is 8.53. The first-order chi connectivity index (χ1) is 12.3. The minimum Gasteiger partial charge on any atom is -0.347 e. The molecule has 27 heavy (non-hydrogen) atoms. The van der Waals surface area contributed by atoms with Crippen LogP contribution in [-0.4, -0.2) is 19.9 Å². The Balaban J connectivity index is 2.26. The number of hydrogen-bond acceptors (Lipinski definition) is 3. The Morgan fingerprint density at radius 3 is 2.00 bits per heavy atom. The van der Waals surface area contributed by atoms with Gasteiger partial charge < -0.3 is 5.32 Å². The molecule has 0 aromatic heterocycles. The largest absolute Gasteiger partial charge is 0.417 e. The summed E-state index contributed by atoms with van der Waals surface area (Å²) in [6.45, 7) is 5.43. The molecule has 0 unspecified atom stereocenters. The minimum absolute atomic E-state index is 0.0410. The average molecular weight is 400 g/mol. The molecule has 2 aromatic carbocycles. The van der Waals surface area contributed by atoms with E-state index in [-0.39, 0.29) is 11.6 Å². The van der Waals surface area contributed by atoms with Crippen molar-refractivity contribution in [3.8, 4) is 0 Å². The number of nitrogens with one attached hydrogen (secondary N) is 2. The van der Waals surface area contributed by atoms with Gasteiger partial charge in [-0.1, -0.05) is 12.1 Å². The standard InChI is InChI=1S/C18H19F3N2O3S/c1-17(2,3)22-16(24)12-8-10-13(11-9-12)23-27(25,26)15-7-5-4-6-14(15)18(19,20)21/h4-11,23H,1-3H3,(H,22,24). The fourth-order valence-electron chi connectivity index (χ4n) is 2.25. The summed E-state index contributed by atoms with van der Waals surface area (Å²) in [5.41, 5.74) is -1.36. The minimum atomic E-state index is -4.81. The van der Waals surface area contributed by atoms with Crippen molar-refractivity contribution in [1.29, 1.82) is 0 Å². The van der Waals surface area contributed by atoms with Crippen molar-refractivity contribution in [2.45, 2.75) is 37.4 Å². The van der Waals surface area contributed by atoms with Gasteiger partial charge in [0.05, 0.1) is 10.5 Å². The van der Waals surface area contributed by atoms with E-state index in [0.29, 0.717) is 11.6 Å². The lowest BCUT2D eigenvalue weighted by Gasteiger charge is -2.20. The molecular weight excluding hydrogens is 381 g/mol. The van der Waals surface area contributed by atoms with E-state index in [4.69, 9.17) is 0 Å². The highest BCUT2D eigenvalue weighted by Gasteiger charge is 2.36. The van der Waals surface area contributed by atoms with E-state index in [0.717, 1.165) is 12.1 Å². The molecule has 1 amide bonds. The van der Waals surface area contributed by atoms with Gasteiger partial charge in [-0.3, -0.25) is 9.52 Å². The van der Waals surface area contributed by atoms with Gasteiger partial charge in [-0.15, -0.1) is 0 Å². The van der Waals surface area contributed by atoms with Crippen molar-refractivity contribution >= 4 is 21.6 Å². The van der Waals surface area contributed by atoms with Crippen molar-refractivity contribution in [3.05, 3.63) is 59.7 Å². The summed E-state index contributed by atoms with van der Waals surface area (Å²) < 4.78 is 66.0. The van der Waals surface area contributed by atoms with Gasteiger partial charge in [0.1, 0.15) is 0 Å². The third-order valence-corrected chi connectivity index (χ3v) is 4.81. The molecule has 0 spiro atoms. The number of hydrogen-bond donors (Lipinski definition) is 2. The summed E-state index contributed by atoms with van der Waals surface area (Å²) in [6, 6.07) is 9.30. The molecule has 2 aromatic rings. The monoisotopic (exact) mass is 400 g/mol. The maximum atomic E-state index is 13.1. The SMILES string of the molecule is CC(C)(C)NC(=O)c1ccc(NS(=O)(=O)c2ccccc2C(F)(F)F)cc1. The third-order valence-electron chi connectivity index (χ3n) is 3.37. The third kappa shape index (κ3) is 5.46. The quantitative estimate of drug-likeness (QED) is 0.814. The number of rotatable bonds is 4. The lowest BCUT2D eigenvalue weighted by atomic mass is 10.1. The van der Waals surface area contributed by atoms with E-state index in [1.807, 2.05) is 20.8 Å². The summed E-state index contributed by atoms with van der Waals surface area (Å²) in [7, 11) is -4.46. The van der Waals surface area contributed by atoms with Crippen LogP contribution in [0.25, 0.3) is 0 Å². The molecule has 0 atom stereocenters. The van der Waals surface area contributed by atoms with Crippen LogP contribution in [0, 0.1) is 0 Å². The van der Waals surface area contributed by atoms with Crippen LogP contribution in [0.1, 0.15) is 36.7 Å². The number of amides is 1. The second-order valence-electron chi connectivity index (χ2n) is 6.88. The highest BCUT2D eigenvalue weighted by atomic mass is 32.2. The van der Waals surface area contributed by atoms with Gasteiger partial charge in [0.15, 0.2) is 0 Å². The number of carbonyl (C=O) groups excluding carboxylic acids is 1. The predicted molar refractivity (Wildman–Crippen MR) is 95.9 cm³/mol. The fraction of sp³-hybridized carbons (Fsp3) is 0.278. The topological polar surface area (TPSA) is 75.3 Å². The summed E-state index contributed by atoms with van der Waals surface area (Å²) in [4.78, 5) is 11.2. The summed E-state index contributed by atoms with van der Waals surface area (Å²) in [5, 5.41) is 2.75. The Hall–Kier alpha value is -2.55. The Morgan fingerprint density at radius 1 is 0.926 bits per heavy atom. The molecule has 0 aliphatic rings. The van der Waals surface area contributed by atoms with Gasteiger partial charge in [-0.2, -0.15) is 13.2 Å². The number of alkyl halides is 3. The Kier molecular flexibility index (Phi) is 5.55. The first kappa shape index (κ1) is 20.8. The zero-order chi connectivity index (χ0) is 20.5. The van der Waals surface area contributed by atoms with Crippen LogP contribution in [0.3, 0.4) is 0 Å². The van der Waals surface area contributed by atoms with E-state index >= 15 is 0 Å². The Labute approximate surface area is 155 Å². The van der Waals surface area contributed by atoms with Crippen LogP contribution in [0.2, 0.25) is 0 Å². The lowest BCUT2D eigenvalue weighted by Crippen LogP contribution is -2.40. The summed E-state index contributed by atoms with van der Waals surface area (Å²) >= 11 is 0. The molecule has 5 nitrogen and oxygen atoms in total. The van der Waals surface area contributed by atoms with Crippen LogP contribution < -0.4 is 10.0 Å². The molecule has 0 aliphatic carbocycles. The van der Waals surface area contributed by atoms with Crippen LogP contribution in [0.15, 0.2) is 53.4 Å². The van der Waals surface area contributed by atoms with Crippen LogP contribution in [-0.2, 0) is 16.2 Å². The molecule has 9 heteroatoms. The zero-order valence-corrected chi connectivity index (χ0v) is 15.7. The smallest absolute Gasteiger partial charge is 0.347 e. The zero-order valence-electron chi connectivity index (χ0n) is 14.9. The van der Waals surface area contributed by atoms with Crippen molar-refractivity contribution in [3.63, 3.8) is 0 Å². The predicted octanol–water partition coefficient (Wildman–Crippen LogP) is 4.03. The number of anilines is 1. The second kappa shape index (κ2) is 7.22. The first-order valence-electron chi connectivity index (χ1n) is 7.91. The van der Waals surface area contributed by atoms with Gasteiger partial charge in [-0.25, -0.2) is 8.42 Å². The van der Waals surface area contributed by atoms with E-state index in [1.54, 1.807) is 0 Å². The maximum Gasteiger partial charge on any atom is 0.417 e. The van der Waals surface area contributed by atoms with Crippen molar-refractivity contribution in [2.75, 3.05) is 4.72 Å². The van der Waals surface area contributed by atoms with E-state index in [2.05, 4.69) is 10.0 Å². The summed E-state index contributed by atoms with van der Waals surface area (Å²) in [6.07, 6.45) is -4.81. The molecular formula is C18H19F3N2O3S. The van der Waals surface area contributed by atoms with Gasteiger partial charge in [0, 0.05) is 16.8 Å². The van der Waals surface area contributed by atoms with Gasteiger partial charge in [-0.05, 0) is 57.2 Å². The highest BCUT2D eigenvalue weighted by Crippen LogP contribution is 2.34. The molecule has 0 bridgehead atoms. The van der Waals surface area contributed by atoms with Gasteiger partial charge in [0.25, 0.3) is 15.9 Å². The van der Waals surface area contributed by atoms with E-state index in [1.165, 1.54) is 30.3 Å². The fourth-order valence-corrected chi connectivity index (χ4v) is 3.54. The molecule has 0 fully saturated rings. The van der Waals surface area contributed by atoms with Crippen molar-refractivity contribution < 1.29 is 26.4 Å². The van der Waals surface area contributed by atoms with E-state index < -0.39 is 32.2 Å².